The van der Waals surface area contributed by atoms with Crippen LogP contribution in [0, 0.1) is 0 Å². The summed E-state index contributed by atoms with van der Waals surface area (Å²) in [5.74, 6) is -1.06. The number of carbonyl (C=O) groups excluding carboxylic acids is 1. The van der Waals surface area contributed by atoms with Gasteiger partial charge in [0.1, 0.15) is 11.8 Å². The molecule has 1 aromatic rings. The molecule has 0 bridgehead atoms. The summed E-state index contributed by atoms with van der Waals surface area (Å²) in [7, 11) is 0. The van der Waals surface area contributed by atoms with E-state index >= 15 is 0 Å². The first kappa shape index (κ1) is 15.8. The molecule has 1 rings (SSSR count). The summed E-state index contributed by atoms with van der Waals surface area (Å²) in [5.41, 5.74) is 0.678. The molecule has 0 aliphatic heterocycles. The molecule has 0 saturated heterocycles. The molecule has 20 heavy (non-hydrogen) atoms. The number of halogens is 1. The minimum Gasteiger partial charge on any atom is -0.508 e. The van der Waals surface area contributed by atoms with Crippen LogP contribution in [0.4, 0.5) is 4.79 Å². The van der Waals surface area contributed by atoms with Crippen LogP contribution in [0.5, 0.6) is 5.75 Å². The zero-order chi connectivity index (χ0) is 15.1. The fraction of sp³-hybridized carbons (Fsp3) is 0.231. The molecule has 0 radical (unpaired) electrons. The largest absolute Gasteiger partial charge is 0.508 e. The van der Waals surface area contributed by atoms with E-state index in [1.165, 1.54) is 12.1 Å². The van der Waals surface area contributed by atoms with Gasteiger partial charge >= 0.3 is 12.0 Å². The normalized spacial score (nSPS) is 11.4. The molecule has 6 nitrogen and oxygen atoms in total. The molecule has 1 atom stereocenters. The Bertz CT molecular complexity index is 502. The second-order valence-electron chi connectivity index (χ2n) is 4.11. The first-order valence-electron chi connectivity index (χ1n) is 5.77. The van der Waals surface area contributed by atoms with Crippen molar-refractivity contribution in [1.29, 1.82) is 0 Å². The van der Waals surface area contributed by atoms with E-state index in [1.54, 1.807) is 12.1 Å². The van der Waals surface area contributed by atoms with Gasteiger partial charge < -0.3 is 20.8 Å². The molecule has 0 aliphatic rings. The van der Waals surface area contributed by atoms with Crippen molar-refractivity contribution in [3.63, 3.8) is 0 Å². The van der Waals surface area contributed by atoms with Gasteiger partial charge in [-0.2, -0.15) is 0 Å². The predicted octanol–water partition coefficient (Wildman–Crippen LogP) is 1.44. The summed E-state index contributed by atoms with van der Waals surface area (Å²) in [6.07, 6.45) is 0.102. The van der Waals surface area contributed by atoms with Crippen LogP contribution < -0.4 is 10.6 Å². The molecule has 0 heterocycles. The van der Waals surface area contributed by atoms with Crippen molar-refractivity contribution >= 4 is 23.6 Å². The molecule has 0 unspecified atom stereocenters. The van der Waals surface area contributed by atoms with Crippen LogP contribution in [0.1, 0.15) is 5.56 Å². The van der Waals surface area contributed by atoms with Crippen LogP contribution in [0.25, 0.3) is 0 Å². The third-order valence-electron chi connectivity index (χ3n) is 2.42. The zero-order valence-electron chi connectivity index (χ0n) is 10.6. The number of phenols is 1. The fourth-order valence-corrected chi connectivity index (χ4v) is 1.52. The van der Waals surface area contributed by atoms with Gasteiger partial charge in [-0.15, -0.1) is 0 Å². The van der Waals surface area contributed by atoms with E-state index in [-0.39, 0.29) is 23.7 Å². The number of carboxylic acids is 1. The highest BCUT2D eigenvalue weighted by molar-refractivity contribution is 6.29. The smallest absolute Gasteiger partial charge is 0.326 e. The molecule has 108 valence electrons. The number of amides is 2. The molecule has 0 aromatic heterocycles. The van der Waals surface area contributed by atoms with Crippen molar-refractivity contribution in [3.8, 4) is 5.75 Å². The van der Waals surface area contributed by atoms with E-state index in [0.29, 0.717) is 5.56 Å². The highest BCUT2D eigenvalue weighted by Crippen LogP contribution is 2.11. The van der Waals surface area contributed by atoms with Crippen LogP contribution >= 0.6 is 11.6 Å². The van der Waals surface area contributed by atoms with Gasteiger partial charge in [-0.1, -0.05) is 30.3 Å². The van der Waals surface area contributed by atoms with Crippen molar-refractivity contribution in [1.82, 2.24) is 10.6 Å². The van der Waals surface area contributed by atoms with Crippen LogP contribution in [-0.2, 0) is 11.2 Å². The summed E-state index contributed by atoms with van der Waals surface area (Å²) in [6.45, 7) is 3.45. The number of benzene rings is 1. The Morgan fingerprint density at radius 2 is 1.90 bits per heavy atom. The third-order valence-corrected chi connectivity index (χ3v) is 2.55. The van der Waals surface area contributed by atoms with Crippen LogP contribution in [-0.4, -0.2) is 34.8 Å². The van der Waals surface area contributed by atoms with E-state index in [0.717, 1.165) is 0 Å². The van der Waals surface area contributed by atoms with Gasteiger partial charge in [-0.3, -0.25) is 0 Å². The van der Waals surface area contributed by atoms with E-state index in [4.69, 9.17) is 21.8 Å². The van der Waals surface area contributed by atoms with E-state index in [9.17, 15) is 9.59 Å². The van der Waals surface area contributed by atoms with Gasteiger partial charge in [-0.05, 0) is 17.7 Å². The van der Waals surface area contributed by atoms with Crippen LogP contribution in [0.2, 0.25) is 0 Å². The maximum absolute atomic E-state index is 11.5. The second kappa shape index (κ2) is 7.40. The third kappa shape index (κ3) is 5.62. The first-order chi connectivity index (χ1) is 9.38. The van der Waals surface area contributed by atoms with Gasteiger partial charge in [0.15, 0.2) is 0 Å². The number of aromatic hydroxyl groups is 1. The molecule has 2 amide bonds. The highest BCUT2D eigenvalue weighted by Gasteiger charge is 2.20. The summed E-state index contributed by atoms with van der Waals surface area (Å²) in [4.78, 5) is 22.6. The number of hydrogen-bond donors (Lipinski definition) is 4. The van der Waals surface area contributed by atoms with E-state index in [2.05, 4.69) is 17.2 Å². The number of urea groups is 1. The summed E-state index contributed by atoms with van der Waals surface area (Å²) >= 11 is 5.49. The highest BCUT2D eigenvalue weighted by atomic mass is 35.5. The number of carboxylic acid groups (broad SMARTS) is 1. The Balaban J connectivity index is 2.60. The van der Waals surface area contributed by atoms with E-state index < -0.39 is 18.0 Å². The topological polar surface area (TPSA) is 98.7 Å². The van der Waals surface area contributed by atoms with Crippen molar-refractivity contribution in [3.05, 3.63) is 41.4 Å². The standard InChI is InChI=1S/C13H15ClN2O4/c1-8(14)7-15-13(20)16-11(12(18)19)6-9-2-4-10(17)5-3-9/h2-5,11,17H,1,6-7H2,(H,18,19)(H2,15,16,20)/t11-/m0/s1. The molecule has 0 fully saturated rings. The zero-order valence-corrected chi connectivity index (χ0v) is 11.4. The van der Waals surface area contributed by atoms with Crippen molar-refractivity contribution < 1.29 is 19.8 Å². The minimum absolute atomic E-state index is 0.0545. The minimum atomic E-state index is -1.15. The Morgan fingerprint density at radius 3 is 2.40 bits per heavy atom. The van der Waals surface area contributed by atoms with Crippen LogP contribution in [0.3, 0.4) is 0 Å². The molecule has 4 N–H and O–H groups in total. The Kier molecular flexibility index (Phi) is 5.86. The molecule has 7 heteroatoms. The Morgan fingerprint density at radius 1 is 1.30 bits per heavy atom. The lowest BCUT2D eigenvalue weighted by Crippen LogP contribution is -2.47. The van der Waals surface area contributed by atoms with Gasteiger partial charge in [0.2, 0.25) is 0 Å². The number of rotatable bonds is 6. The molecule has 0 saturated carbocycles. The Hall–Kier alpha value is -2.21. The average Bonchev–Trinajstić information content (AvgIpc) is 2.38. The molecule has 1 aromatic carbocycles. The number of hydrogen-bond acceptors (Lipinski definition) is 3. The van der Waals surface area contributed by atoms with Gasteiger partial charge in [-0.25, -0.2) is 9.59 Å². The average molecular weight is 299 g/mol. The number of nitrogens with one attached hydrogen (secondary N) is 2. The lowest BCUT2D eigenvalue weighted by atomic mass is 10.1. The summed E-state index contributed by atoms with van der Waals surface area (Å²) < 4.78 is 0. The monoisotopic (exact) mass is 298 g/mol. The predicted molar refractivity (Wildman–Crippen MR) is 74.8 cm³/mol. The quantitative estimate of drug-likeness (QED) is 0.638. The molecule has 0 spiro atoms. The summed E-state index contributed by atoms with van der Waals surface area (Å²) in [6, 6.07) is 4.36. The van der Waals surface area contributed by atoms with E-state index in [1.807, 2.05) is 0 Å². The number of phenolic OH excluding ortho intramolecular Hbond substituents is 1. The second-order valence-corrected chi connectivity index (χ2v) is 4.64. The maximum Gasteiger partial charge on any atom is 0.326 e. The SMILES string of the molecule is C=C(Cl)CNC(=O)N[C@@H](Cc1ccc(O)cc1)C(=O)O. The summed E-state index contributed by atoms with van der Waals surface area (Å²) in [5, 5.41) is 23.2. The number of aliphatic carboxylic acids is 1. The molecule has 0 aliphatic carbocycles. The first-order valence-corrected chi connectivity index (χ1v) is 6.14. The molecular formula is C13H15ClN2O4. The maximum atomic E-state index is 11.5. The Labute approximate surface area is 121 Å². The van der Waals surface area contributed by atoms with Gasteiger partial charge in [0, 0.05) is 11.5 Å². The van der Waals surface area contributed by atoms with Crippen molar-refractivity contribution in [2.75, 3.05) is 6.54 Å². The van der Waals surface area contributed by atoms with Crippen molar-refractivity contribution in [2.45, 2.75) is 12.5 Å². The molecular weight excluding hydrogens is 284 g/mol. The lowest BCUT2D eigenvalue weighted by molar-refractivity contribution is -0.139. The van der Waals surface area contributed by atoms with Gasteiger partial charge in [0.25, 0.3) is 0 Å². The van der Waals surface area contributed by atoms with Crippen molar-refractivity contribution in [2.24, 2.45) is 0 Å². The van der Waals surface area contributed by atoms with Crippen LogP contribution in [0.15, 0.2) is 35.9 Å². The fourth-order valence-electron chi connectivity index (χ4n) is 1.45. The number of carbonyl (C=O) groups is 2. The lowest BCUT2D eigenvalue weighted by Gasteiger charge is -2.15. The van der Waals surface area contributed by atoms with Gasteiger partial charge in [0.05, 0.1) is 6.54 Å².